The van der Waals surface area contributed by atoms with Crippen LogP contribution in [0.3, 0.4) is 0 Å². The van der Waals surface area contributed by atoms with Crippen LogP contribution in [0.1, 0.15) is 9.67 Å². The minimum absolute atomic E-state index is 0.0217. The SMILES string of the molecule is O=C(C=CNc1cc(-c2ccccc2)nn1-c1ccccc1)c1cccs1. The number of benzene rings is 2. The van der Waals surface area contributed by atoms with Crippen molar-refractivity contribution >= 4 is 22.9 Å². The van der Waals surface area contributed by atoms with E-state index >= 15 is 0 Å². The lowest BCUT2D eigenvalue weighted by Crippen LogP contribution is -2.02. The number of aromatic nitrogens is 2. The molecule has 0 aliphatic rings. The minimum Gasteiger partial charge on any atom is -0.346 e. The van der Waals surface area contributed by atoms with Crippen molar-refractivity contribution in [3.05, 3.63) is 101 Å². The van der Waals surface area contributed by atoms with Crippen molar-refractivity contribution in [2.75, 3.05) is 5.32 Å². The van der Waals surface area contributed by atoms with E-state index in [1.54, 1.807) is 6.20 Å². The largest absolute Gasteiger partial charge is 0.346 e. The van der Waals surface area contributed by atoms with Crippen molar-refractivity contribution in [2.24, 2.45) is 0 Å². The lowest BCUT2D eigenvalue weighted by atomic mass is 10.2. The highest BCUT2D eigenvalue weighted by Crippen LogP contribution is 2.24. The second-order valence-electron chi connectivity index (χ2n) is 5.85. The van der Waals surface area contributed by atoms with Crippen LogP contribution in [0.15, 0.2) is 96.5 Å². The van der Waals surface area contributed by atoms with Crippen LogP contribution in [0.5, 0.6) is 0 Å². The van der Waals surface area contributed by atoms with E-state index in [-0.39, 0.29) is 5.78 Å². The van der Waals surface area contributed by atoms with Crippen LogP contribution in [0.25, 0.3) is 16.9 Å². The average Bonchev–Trinajstić information content (AvgIpc) is 3.40. The number of anilines is 1. The molecule has 0 atom stereocenters. The number of rotatable bonds is 6. The fourth-order valence-electron chi connectivity index (χ4n) is 2.70. The van der Waals surface area contributed by atoms with E-state index in [1.807, 2.05) is 88.9 Å². The predicted octanol–water partition coefficient (Wildman–Crippen LogP) is 5.41. The van der Waals surface area contributed by atoms with Crippen LogP contribution in [0.2, 0.25) is 0 Å². The van der Waals surface area contributed by atoms with E-state index in [2.05, 4.69) is 5.32 Å². The normalized spacial score (nSPS) is 11.0. The van der Waals surface area contributed by atoms with E-state index in [0.29, 0.717) is 0 Å². The van der Waals surface area contributed by atoms with Crippen molar-refractivity contribution in [3.63, 3.8) is 0 Å². The standard InChI is InChI=1S/C22H17N3OS/c26-20(21-12-7-15-27-21)13-14-23-22-16-19(17-8-3-1-4-9-17)24-25(22)18-10-5-2-6-11-18/h1-16,23H. The zero-order valence-electron chi connectivity index (χ0n) is 14.4. The molecule has 0 radical (unpaired) electrons. The summed E-state index contributed by atoms with van der Waals surface area (Å²) in [5.74, 6) is 0.766. The number of carbonyl (C=O) groups is 1. The van der Waals surface area contributed by atoms with E-state index < -0.39 is 0 Å². The molecule has 0 bridgehead atoms. The Balaban J connectivity index is 1.64. The van der Waals surface area contributed by atoms with Crippen LogP contribution in [0, 0.1) is 0 Å². The van der Waals surface area contributed by atoms with Crippen LogP contribution >= 0.6 is 11.3 Å². The summed E-state index contributed by atoms with van der Waals surface area (Å²) in [6.45, 7) is 0. The molecule has 1 N–H and O–H groups in total. The molecule has 4 rings (SSSR count). The Morgan fingerprint density at radius 3 is 2.41 bits per heavy atom. The van der Waals surface area contributed by atoms with Gasteiger partial charge in [-0.3, -0.25) is 4.79 Å². The number of hydrogen-bond acceptors (Lipinski definition) is 4. The first-order chi connectivity index (χ1) is 13.3. The number of para-hydroxylation sites is 1. The third-order valence-electron chi connectivity index (χ3n) is 4.01. The number of thiophene rings is 1. The monoisotopic (exact) mass is 371 g/mol. The van der Waals surface area contributed by atoms with E-state index in [0.717, 1.165) is 27.6 Å². The van der Waals surface area contributed by atoms with Gasteiger partial charge < -0.3 is 5.32 Å². The summed E-state index contributed by atoms with van der Waals surface area (Å²) < 4.78 is 1.84. The number of hydrogen-bond donors (Lipinski definition) is 1. The molecular formula is C22H17N3OS. The lowest BCUT2D eigenvalue weighted by Gasteiger charge is -2.06. The summed E-state index contributed by atoms with van der Waals surface area (Å²) in [7, 11) is 0. The zero-order valence-corrected chi connectivity index (χ0v) is 15.3. The Morgan fingerprint density at radius 1 is 0.963 bits per heavy atom. The topological polar surface area (TPSA) is 46.9 Å². The van der Waals surface area contributed by atoms with Gasteiger partial charge in [-0.15, -0.1) is 11.3 Å². The van der Waals surface area contributed by atoms with Gasteiger partial charge in [-0.05, 0) is 23.6 Å². The first-order valence-corrected chi connectivity index (χ1v) is 9.41. The maximum absolute atomic E-state index is 12.1. The number of ketones is 1. The van der Waals surface area contributed by atoms with Gasteiger partial charge in [-0.1, -0.05) is 54.6 Å². The first kappa shape index (κ1) is 17.0. The summed E-state index contributed by atoms with van der Waals surface area (Å²) in [5, 5.41) is 9.83. The Hall–Kier alpha value is -3.44. The average molecular weight is 371 g/mol. The number of carbonyl (C=O) groups excluding carboxylic acids is 1. The molecule has 4 nitrogen and oxygen atoms in total. The van der Waals surface area contributed by atoms with Gasteiger partial charge in [0.05, 0.1) is 16.3 Å². The predicted molar refractivity (Wildman–Crippen MR) is 110 cm³/mol. The van der Waals surface area contributed by atoms with E-state index in [1.165, 1.54) is 17.4 Å². The number of nitrogens with zero attached hydrogens (tertiary/aromatic N) is 2. The molecule has 2 aromatic carbocycles. The molecule has 0 aliphatic carbocycles. The highest BCUT2D eigenvalue weighted by molar-refractivity contribution is 7.12. The molecule has 2 heterocycles. The van der Waals surface area contributed by atoms with Crippen LogP contribution in [-0.4, -0.2) is 15.6 Å². The van der Waals surface area contributed by atoms with E-state index in [4.69, 9.17) is 5.10 Å². The molecule has 0 amide bonds. The van der Waals surface area contributed by atoms with Gasteiger partial charge >= 0.3 is 0 Å². The first-order valence-electron chi connectivity index (χ1n) is 8.53. The fourth-order valence-corrected chi connectivity index (χ4v) is 3.35. The second-order valence-corrected chi connectivity index (χ2v) is 6.80. The summed E-state index contributed by atoms with van der Waals surface area (Å²) in [4.78, 5) is 12.9. The van der Waals surface area contributed by atoms with Crippen LogP contribution < -0.4 is 5.32 Å². The Labute approximate surface area is 161 Å². The van der Waals surface area contributed by atoms with Gasteiger partial charge in [0, 0.05) is 23.9 Å². The summed E-state index contributed by atoms with van der Waals surface area (Å²) in [5.41, 5.74) is 2.84. The lowest BCUT2D eigenvalue weighted by molar-refractivity contribution is 0.105. The molecule has 0 saturated carbocycles. The van der Waals surface area contributed by atoms with Crippen LogP contribution in [0.4, 0.5) is 5.82 Å². The smallest absolute Gasteiger partial charge is 0.197 e. The summed E-state index contributed by atoms with van der Waals surface area (Å²) in [6, 6.07) is 25.6. The molecule has 27 heavy (non-hydrogen) atoms. The summed E-state index contributed by atoms with van der Waals surface area (Å²) >= 11 is 1.43. The zero-order chi connectivity index (χ0) is 18.5. The van der Waals surface area contributed by atoms with Gasteiger partial charge in [-0.2, -0.15) is 5.10 Å². The molecule has 2 aromatic heterocycles. The number of nitrogens with one attached hydrogen (secondary N) is 1. The maximum atomic E-state index is 12.1. The van der Waals surface area contributed by atoms with Gasteiger partial charge in [0.1, 0.15) is 5.82 Å². The van der Waals surface area contributed by atoms with E-state index in [9.17, 15) is 4.79 Å². The highest BCUT2D eigenvalue weighted by atomic mass is 32.1. The Kier molecular flexibility index (Phi) is 4.94. The van der Waals surface area contributed by atoms with Crippen molar-refractivity contribution in [1.29, 1.82) is 0 Å². The second kappa shape index (κ2) is 7.85. The molecule has 0 spiro atoms. The Morgan fingerprint density at radius 2 is 1.70 bits per heavy atom. The Bertz CT molecular complexity index is 1050. The molecule has 0 saturated heterocycles. The molecule has 132 valence electrons. The molecule has 0 fully saturated rings. The van der Waals surface area contributed by atoms with Gasteiger partial charge in [0.25, 0.3) is 0 Å². The fraction of sp³-hybridized carbons (Fsp3) is 0. The molecule has 0 unspecified atom stereocenters. The van der Waals surface area contributed by atoms with Crippen molar-refractivity contribution in [3.8, 4) is 16.9 Å². The molecule has 4 aromatic rings. The van der Waals surface area contributed by atoms with Crippen molar-refractivity contribution in [1.82, 2.24) is 9.78 Å². The van der Waals surface area contributed by atoms with Crippen LogP contribution in [-0.2, 0) is 0 Å². The molecule has 0 aliphatic heterocycles. The third-order valence-corrected chi connectivity index (χ3v) is 4.89. The van der Waals surface area contributed by atoms with Crippen molar-refractivity contribution in [2.45, 2.75) is 0 Å². The minimum atomic E-state index is -0.0217. The summed E-state index contributed by atoms with van der Waals surface area (Å²) in [6.07, 6.45) is 3.20. The quantitative estimate of drug-likeness (QED) is 0.364. The molecule has 5 heteroatoms. The highest BCUT2D eigenvalue weighted by Gasteiger charge is 2.10. The van der Waals surface area contributed by atoms with Gasteiger partial charge in [-0.25, -0.2) is 4.68 Å². The van der Waals surface area contributed by atoms with Crippen molar-refractivity contribution < 1.29 is 4.79 Å². The van der Waals surface area contributed by atoms with Gasteiger partial charge in [0.2, 0.25) is 0 Å². The third kappa shape index (κ3) is 3.88. The maximum Gasteiger partial charge on any atom is 0.197 e. The number of allylic oxidation sites excluding steroid dienone is 1. The molecular weight excluding hydrogens is 354 g/mol. The van der Waals surface area contributed by atoms with Gasteiger partial charge in [0.15, 0.2) is 5.78 Å².